The van der Waals surface area contributed by atoms with E-state index < -0.39 is 17.9 Å². The van der Waals surface area contributed by atoms with E-state index in [1.807, 2.05) is 12.1 Å². The monoisotopic (exact) mass is 425 g/mol. The fourth-order valence-electron chi connectivity index (χ4n) is 3.02. The molecule has 162 valence electrons. The summed E-state index contributed by atoms with van der Waals surface area (Å²) in [6.07, 6.45) is 1.62. The molecule has 0 spiro atoms. The molecule has 3 rings (SSSR count). The van der Waals surface area contributed by atoms with Crippen LogP contribution in [0.3, 0.4) is 0 Å². The molecule has 8 heteroatoms. The minimum Gasteiger partial charge on any atom is -0.497 e. The Morgan fingerprint density at radius 2 is 1.94 bits per heavy atom. The summed E-state index contributed by atoms with van der Waals surface area (Å²) in [6.45, 7) is 3.03. The summed E-state index contributed by atoms with van der Waals surface area (Å²) in [5, 5.41) is 11.6. The second-order valence-corrected chi connectivity index (χ2v) is 7.29. The van der Waals surface area contributed by atoms with E-state index >= 15 is 0 Å². The number of amides is 1. The zero-order valence-electron chi connectivity index (χ0n) is 17.4. The van der Waals surface area contributed by atoms with Gasteiger partial charge in [0.25, 0.3) is 5.91 Å². The van der Waals surface area contributed by atoms with Gasteiger partial charge in [-0.1, -0.05) is 26.0 Å². The molecule has 2 aromatic carbocycles. The van der Waals surface area contributed by atoms with Gasteiger partial charge < -0.3 is 24.6 Å². The Morgan fingerprint density at radius 1 is 1.16 bits per heavy atom. The molecule has 1 amide bonds. The summed E-state index contributed by atoms with van der Waals surface area (Å²) in [4.78, 5) is 35.8. The van der Waals surface area contributed by atoms with Crippen molar-refractivity contribution in [1.82, 2.24) is 5.32 Å². The second kappa shape index (κ2) is 9.34. The molecule has 31 heavy (non-hydrogen) atoms. The molecule has 1 unspecified atom stereocenters. The number of carbonyl (C=O) groups is 3. The van der Waals surface area contributed by atoms with Crippen LogP contribution in [-0.2, 0) is 9.59 Å². The van der Waals surface area contributed by atoms with Crippen LogP contribution in [0.5, 0.6) is 17.2 Å². The van der Waals surface area contributed by atoms with Crippen molar-refractivity contribution in [3.63, 3.8) is 0 Å². The smallest absolute Gasteiger partial charge is 0.326 e. The van der Waals surface area contributed by atoms with Gasteiger partial charge in [0, 0.05) is 6.07 Å². The number of Topliss-reactive ketones (excluding diaryl/α,β-unsaturated/α-hetero) is 1. The Labute approximate surface area is 179 Å². The van der Waals surface area contributed by atoms with Crippen molar-refractivity contribution in [3.8, 4) is 17.2 Å². The third kappa shape index (κ3) is 5.22. The number of ether oxygens (including phenoxy) is 3. The van der Waals surface area contributed by atoms with Crippen LogP contribution >= 0.6 is 0 Å². The first-order chi connectivity index (χ1) is 14.8. The standard InChI is InChI=1S/C23H23NO7/c1-13(2)21(23(27)28)24-20(25)12-30-16-7-8-17-18(11-16)31-19(22(17)26)10-14-5-4-6-15(9-14)29-3/h4-11,13,21H,12H2,1-3H3,(H,24,25)(H,27,28). The van der Waals surface area contributed by atoms with E-state index in [9.17, 15) is 14.4 Å². The van der Waals surface area contributed by atoms with E-state index in [0.717, 1.165) is 5.56 Å². The molecule has 8 nitrogen and oxygen atoms in total. The summed E-state index contributed by atoms with van der Waals surface area (Å²) >= 11 is 0. The van der Waals surface area contributed by atoms with Gasteiger partial charge in [0.05, 0.1) is 12.7 Å². The minimum absolute atomic E-state index is 0.166. The van der Waals surface area contributed by atoms with Gasteiger partial charge in [-0.15, -0.1) is 0 Å². The van der Waals surface area contributed by atoms with Crippen molar-refractivity contribution in [2.45, 2.75) is 19.9 Å². The quantitative estimate of drug-likeness (QED) is 0.626. The van der Waals surface area contributed by atoms with Crippen LogP contribution in [0.4, 0.5) is 0 Å². The molecule has 1 aliphatic rings. The van der Waals surface area contributed by atoms with Gasteiger partial charge in [0.1, 0.15) is 23.3 Å². The maximum Gasteiger partial charge on any atom is 0.326 e. The normalized spacial score (nSPS) is 14.7. The highest BCUT2D eigenvalue weighted by molar-refractivity contribution is 6.14. The lowest BCUT2D eigenvalue weighted by Crippen LogP contribution is -2.46. The predicted octanol–water partition coefficient (Wildman–Crippen LogP) is 2.92. The number of hydrogen-bond donors (Lipinski definition) is 2. The lowest BCUT2D eigenvalue weighted by Gasteiger charge is -2.18. The lowest BCUT2D eigenvalue weighted by atomic mass is 10.1. The first-order valence-electron chi connectivity index (χ1n) is 9.66. The summed E-state index contributed by atoms with van der Waals surface area (Å²) in [7, 11) is 1.56. The Bertz CT molecular complexity index is 1040. The molecule has 0 fully saturated rings. The maximum atomic E-state index is 12.6. The van der Waals surface area contributed by atoms with Crippen LogP contribution in [-0.4, -0.2) is 42.5 Å². The molecular weight excluding hydrogens is 402 g/mol. The Kier molecular flexibility index (Phi) is 6.59. The topological polar surface area (TPSA) is 111 Å². The molecule has 2 N–H and O–H groups in total. The van der Waals surface area contributed by atoms with Gasteiger partial charge in [-0.05, 0) is 41.8 Å². The number of benzene rings is 2. The number of fused-ring (bicyclic) bond motifs is 1. The van der Waals surface area contributed by atoms with E-state index in [-0.39, 0.29) is 24.1 Å². The van der Waals surface area contributed by atoms with Crippen molar-refractivity contribution < 1.29 is 33.7 Å². The SMILES string of the molecule is COc1cccc(C=C2Oc3cc(OCC(=O)NC(C(=O)O)C(C)C)ccc3C2=O)c1. The molecule has 0 saturated carbocycles. The number of carboxylic acids is 1. The van der Waals surface area contributed by atoms with E-state index in [1.54, 1.807) is 51.3 Å². The van der Waals surface area contributed by atoms with E-state index in [0.29, 0.717) is 22.8 Å². The van der Waals surface area contributed by atoms with Crippen molar-refractivity contribution in [1.29, 1.82) is 0 Å². The van der Waals surface area contributed by atoms with Gasteiger partial charge in [0.15, 0.2) is 12.4 Å². The summed E-state index contributed by atoms with van der Waals surface area (Å²) in [5.41, 5.74) is 1.14. The Balaban J connectivity index is 1.67. The van der Waals surface area contributed by atoms with Crippen molar-refractivity contribution >= 4 is 23.7 Å². The number of carbonyl (C=O) groups excluding carboxylic acids is 2. The minimum atomic E-state index is -1.11. The number of hydrogen-bond acceptors (Lipinski definition) is 6. The zero-order valence-corrected chi connectivity index (χ0v) is 17.4. The summed E-state index contributed by atoms with van der Waals surface area (Å²) in [6, 6.07) is 10.8. The van der Waals surface area contributed by atoms with Gasteiger partial charge in [-0.3, -0.25) is 9.59 Å². The average molecular weight is 425 g/mol. The van der Waals surface area contributed by atoms with Crippen LogP contribution in [0.15, 0.2) is 48.2 Å². The molecule has 0 radical (unpaired) electrons. The van der Waals surface area contributed by atoms with Crippen LogP contribution < -0.4 is 19.5 Å². The first kappa shape index (κ1) is 21.9. The molecule has 0 aromatic heterocycles. The maximum absolute atomic E-state index is 12.6. The predicted molar refractivity (Wildman–Crippen MR) is 112 cm³/mol. The van der Waals surface area contributed by atoms with Gasteiger partial charge in [-0.25, -0.2) is 4.79 Å². The fraction of sp³-hybridized carbons (Fsp3) is 0.261. The highest BCUT2D eigenvalue weighted by Crippen LogP contribution is 2.35. The summed E-state index contributed by atoms with van der Waals surface area (Å²) < 4.78 is 16.3. The third-order valence-corrected chi connectivity index (χ3v) is 4.65. The van der Waals surface area contributed by atoms with Crippen LogP contribution in [0.1, 0.15) is 29.8 Å². The van der Waals surface area contributed by atoms with Crippen molar-refractivity contribution in [2.24, 2.45) is 5.92 Å². The number of carboxylic acid groups (broad SMARTS) is 1. The largest absolute Gasteiger partial charge is 0.497 e. The zero-order chi connectivity index (χ0) is 22.5. The third-order valence-electron chi connectivity index (χ3n) is 4.65. The van der Waals surface area contributed by atoms with Crippen LogP contribution in [0.2, 0.25) is 0 Å². The van der Waals surface area contributed by atoms with Crippen molar-refractivity contribution in [2.75, 3.05) is 13.7 Å². The average Bonchev–Trinajstić information content (AvgIpc) is 3.04. The first-order valence-corrected chi connectivity index (χ1v) is 9.66. The van der Waals surface area contributed by atoms with E-state index in [4.69, 9.17) is 19.3 Å². The number of aliphatic carboxylic acids is 1. The van der Waals surface area contributed by atoms with E-state index in [1.165, 1.54) is 6.07 Å². The number of methoxy groups -OCH3 is 1. The fourth-order valence-corrected chi connectivity index (χ4v) is 3.02. The Morgan fingerprint density at radius 3 is 2.61 bits per heavy atom. The second-order valence-electron chi connectivity index (χ2n) is 7.29. The van der Waals surface area contributed by atoms with E-state index in [2.05, 4.69) is 5.32 Å². The molecule has 0 aliphatic carbocycles. The molecular formula is C23H23NO7. The highest BCUT2D eigenvalue weighted by atomic mass is 16.5. The molecule has 1 atom stereocenters. The molecule has 0 bridgehead atoms. The molecule has 1 aliphatic heterocycles. The molecule has 2 aromatic rings. The summed E-state index contributed by atoms with van der Waals surface area (Å²) in [5.74, 6) is -0.726. The number of nitrogens with one attached hydrogen (secondary N) is 1. The highest BCUT2D eigenvalue weighted by Gasteiger charge is 2.28. The van der Waals surface area contributed by atoms with Crippen LogP contribution in [0, 0.1) is 5.92 Å². The number of ketones is 1. The molecule has 0 saturated heterocycles. The number of allylic oxidation sites excluding steroid dienone is 1. The van der Waals surface area contributed by atoms with Gasteiger partial charge in [0.2, 0.25) is 5.78 Å². The Hall–Kier alpha value is -3.81. The van der Waals surface area contributed by atoms with Crippen molar-refractivity contribution in [3.05, 3.63) is 59.4 Å². The van der Waals surface area contributed by atoms with Gasteiger partial charge in [-0.2, -0.15) is 0 Å². The van der Waals surface area contributed by atoms with Crippen LogP contribution in [0.25, 0.3) is 6.08 Å². The van der Waals surface area contributed by atoms with Gasteiger partial charge >= 0.3 is 5.97 Å². The lowest BCUT2D eigenvalue weighted by molar-refractivity contribution is -0.143. The molecule has 1 heterocycles. The number of rotatable bonds is 8.